The lowest BCUT2D eigenvalue weighted by molar-refractivity contribution is -0.126. The van der Waals surface area contributed by atoms with E-state index in [9.17, 15) is 9.59 Å². The first-order chi connectivity index (χ1) is 11.5. The van der Waals surface area contributed by atoms with Crippen molar-refractivity contribution in [1.29, 1.82) is 0 Å². The Balaban J connectivity index is 2.03. The van der Waals surface area contributed by atoms with E-state index in [0.717, 1.165) is 6.54 Å². The molecular weight excluding hydrogens is 310 g/mol. The van der Waals surface area contributed by atoms with E-state index in [2.05, 4.69) is 5.32 Å². The molecule has 1 aliphatic heterocycles. The van der Waals surface area contributed by atoms with Gasteiger partial charge in [0.2, 0.25) is 11.8 Å². The van der Waals surface area contributed by atoms with Crippen molar-refractivity contribution in [3.63, 3.8) is 0 Å². The van der Waals surface area contributed by atoms with E-state index >= 15 is 0 Å². The lowest BCUT2D eigenvalue weighted by atomic mass is 10.1. The maximum absolute atomic E-state index is 12.3. The van der Waals surface area contributed by atoms with E-state index in [1.54, 1.807) is 37.3 Å². The van der Waals surface area contributed by atoms with Gasteiger partial charge in [-0.2, -0.15) is 0 Å². The standard InChI is InChI=1S/C17H25N3O4/c1-19(2)8-7-18-17(22)12-9-16(21)20(11-12)13-5-6-14(23-3)15(10-13)24-4/h5-6,10,12H,7-9,11H2,1-4H3,(H,18,22). The number of rotatable bonds is 7. The lowest BCUT2D eigenvalue weighted by Crippen LogP contribution is -2.36. The van der Waals surface area contributed by atoms with Crippen molar-refractivity contribution in [2.45, 2.75) is 6.42 Å². The second kappa shape index (κ2) is 8.01. The fourth-order valence-electron chi connectivity index (χ4n) is 2.67. The molecule has 132 valence electrons. The number of likely N-dealkylation sites (N-methyl/N-ethyl adjacent to an activating group) is 1. The van der Waals surface area contributed by atoms with Crippen molar-refractivity contribution in [2.24, 2.45) is 5.92 Å². The number of carbonyl (C=O) groups is 2. The Labute approximate surface area is 142 Å². The molecule has 1 heterocycles. The summed E-state index contributed by atoms with van der Waals surface area (Å²) in [4.78, 5) is 28.1. The molecule has 1 unspecified atom stereocenters. The van der Waals surface area contributed by atoms with E-state index in [1.807, 2.05) is 19.0 Å². The van der Waals surface area contributed by atoms with E-state index in [4.69, 9.17) is 9.47 Å². The predicted molar refractivity (Wildman–Crippen MR) is 91.6 cm³/mol. The quantitative estimate of drug-likeness (QED) is 0.796. The molecule has 1 saturated heterocycles. The van der Waals surface area contributed by atoms with Gasteiger partial charge in [0.25, 0.3) is 0 Å². The third-order valence-corrected chi connectivity index (χ3v) is 4.03. The van der Waals surface area contributed by atoms with Crippen molar-refractivity contribution in [3.8, 4) is 11.5 Å². The third kappa shape index (κ3) is 4.17. The molecule has 1 fully saturated rings. The average Bonchev–Trinajstić information content (AvgIpc) is 2.95. The summed E-state index contributed by atoms with van der Waals surface area (Å²) in [6, 6.07) is 5.31. The predicted octanol–water partition coefficient (Wildman–Crippen LogP) is 0.735. The number of carbonyl (C=O) groups excluding carboxylic acids is 2. The molecule has 24 heavy (non-hydrogen) atoms. The summed E-state index contributed by atoms with van der Waals surface area (Å²) in [5, 5.41) is 2.89. The highest BCUT2D eigenvalue weighted by atomic mass is 16.5. The summed E-state index contributed by atoms with van der Waals surface area (Å²) in [7, 11) is 7.01. The number of ether oxygens (including phenoxy) is 2. The number of hydrogen-bond acceptors (Lipinski definition) is 5. The third-order valence-electron chi connectivity index (χ3n) is 4.03. The van der Waals surface area contributed by atoms with Crippen molar-refractivity contribution in [1.82, 2.24) is 10.2 Å². The van der Waals surface area contributed by atoms with Crippen LogP contribution in [0.3, 0.4) is 0 Å². The second-order valence-corrected chi connectivity index (χ2v) is 6.04. The first-order valence-corrected chi connectivity index (χ1v) is 7.91. The molecule has 1 N–H and O–H groups in total. The van der Waals surface area contributed by atoms with Crippen LogP contribution in [0.1, 0.15) is 6.42 Å². The number of amides is 2. The minimum absolute atomic E-state index is 0.0602. The van der Waals surface area contributed by atoms with Crippen molar-refractivity contribution in [2.75, 3.05) is 52.8 Å². The molecule has 0 bridgehead atoms. The second-order valence-electron chi connectivity index (χ2n) is 6.04. The SMILES string of the molecule is COc1ccc(N2CC(C(=O)NCCN(C)C)CC2=O)cc1OC. The van der Waals surface area contributed by atoms with Crippen LogP contribution < -0.4 is 19.7 Å². The Morgan fingerprint density at radius 2 is 2.00 bits per heavy atom. The molecule has 1 aliphatic rings. The summed E-state index contributed by atoms with van der Waals surface area (Å²) in [6.07, 6.45) is 0.224. The largest absolute Gasteiger partial charge is 0.493 e. The zero-order chi connectivity index (χ0) is 17.7. The van der Waals surface area contributed by atoms with Gasteiger partial charge >= 0.3 is 0 Å². The number of nitrogens with zero attached hydrogens (tertiary/aromatic N) is 2. The molecule has 0 aliphatic carbocycles. The minimum atomic E-state index is -0.326. The van der Waals surface area contributed by atoms with Crippen LogP contribution in [-0.2, 0) is 9.59 Å². The van der Waals surface area contributed by atoms with E-state index in [0.29, 0.717) is 30.3 Å². The molecule has 0 aromatic heterocycles. The monoisotopic (exact) mass is 335 g/mol. The van der Waals surface area contributed by atoms with Gasteiger partial charge in [0, 0.05) is 37.8 Å². The fraction of sp³-hybridized carbons (Fsp3) is 0.529. The van der Waals surface area contributed by atoms with Gasteiger partial charge in [0.05, 0.1) is 20.1 Å². The van der Waals surface area contributed by atoms with E-state index < -0.39 is 0 Å². The number of benzene rings is 1. The van der Waals surface area contributed by atoms with Crippen LogP contribution in [0.15, 0.2) is 18.2 Å². The Bertz CT molecular complexity index is 603. The molecule has 0 saturated carbocycles. The number of anilines is 1. The highest BCUT2D eigenvalue weighted by Crippen LogP contribution is 2.34. The maximum atomic E-state index is 12.3. The van der Waals surface area contributed by atoms with Crippen LogP contribution in [0.2, 0.25) is 0 Å². The molecule has 7 heteroatoms. The number of hydrogen-bond donors (Lipinski definition) is 1. The normalized spacial score (nSPS) is 17.3. The molecule has 2 rings (SSSR count). The van der Waals surface area contributed by atoms with Crippen molar-refractivity contribution in [3.05, 3.63) is 18.2 Å². The summed E-state index contributed by atoms with van der Waals surface area (Å²) in [5.41, 5.74) is 0.709. The summed E-state index contributed by atoms with van der Waals surface area (Å²) >= 11 is 0. The topological polar surface area (TPSA) is 71.1 Å². The lowest BCUT2D eigenvalue weighted by Gasteiger charge is -2.18. The zero-order valence-electron chi connectivity index (χ0n) is 14.7. The Kier molecular flexibility index (Phi) is 6.03. The highest BCUT2D eigenvalue weighted by molar-refractivity contribution is 6.00. The van der Waals surface area contributed by atoms with Gasteiger partial charge < -0.3 is 24.6 Å². The number of methoxy groups -OCH3 is 2. The first-order valence-electron chi connectivity index (χ1n) is 7.91. The van der Waals surface area contributed by atoms with Crippen LogP contribution in [-0.4, -0.2) is 64.7 Å². The van der Waals surface area contributed by atoms with Crippen molar-refractivity contribution >= 4 is 17.5 Å². The Morgan fingerprint density at radius 1 is 1.29 bits per heavy atom. The highest BCUT2D eigenvalue weighted by Gasteiger charge is 2.35. The van der Waals surface area contributed by atoms with Gasteiger partial charge in [-0.1, -0.05) is 0 Å². The minimum Gasteiger partial charge on any atom is -0.493 e. The van der Waals surface area contributed by atoms with Crippen molar-refractivity contribution < 1.29 is 19.1 Å². The molecule has 7 nitrogen and oxygen atoms in total. The molecule has 1 aromatic carbocycles. The van der Waals surface area contributed by atoms with Gasteiger partial charge in [-0.05, 0) is 26.2 Å². The molecule has 1 aromatic rings. The molecule has 0 radical (unpaired) electrons. The van der Waals surface area contributed by atoms with Crippen LogP contribution in [0.4, 0.5) is 5.69 Å². The Morgan fingerprint density at radius 3 is 2.62 bits per heavy atom. The smallest absolute Gasteiger partial charge is 0.227 e. The van der Waals surface area contributed by atoms with Crippen LogP contribution in [0.5, 0.6) is 11.5 Å². The van der Waals surface area contributed by atoms with Gasteiger partial charge in [-0.15, -0.1) is 0 Å². The molecule has 1 atom stereocenters. The number of nitrogens with one attached hydrogen (secondary N) is 1. The average molecular weight is 335 g/mol. The molecular formula is C17H25N3O4. The van der Waals surface area contributed by atoms with Crippen LogP contribution in [0, 0.1) is 5.92 Å². The summed E-state index contributed by atoms with van der Waals surface area (Å²) in [5.74, 6) is 0.698. The van der Waals surface area contributed by atoms with Crippen LogP contribution in [0.25, 0.3) is 0 Å². The summed E-state index contributed by atoms with van der Waals surface area (Å²) in [6.45, 7) is 1.72. The van der Waals surface area contributed by atoms with Crippen LogP contribution >= 0.6 is 0 Å². The van der Waals surface area contributed by atoms with Gasteiger partial charge in [0.1, 0.15) is 0 Å². The summed E-state index contributed by atoms with van der Waals surface area (Å²) < 4.78 is 10.5. The molecule has 0 spiro atoms. The van der Waals surface area contributed by atoms with E-state index in [1.165, 1.54) is 0 Å². The Hall–Kier alpha value is -2.28. The van der Waals surface area contributed by atoms with Gasteiger partial charge in [-0.3, -0.25) is 9.59 Å². The maximum Gasteiger partial charge on any atom is 0.227 e. The first kappa shape index (κ1) is 18.1. The zero-order valence-corrected chi connectivity index (χ0v) is 14.7. The molecule has 2 amide bonds. The van der Waals surface area contributed by atoms with Gasteiger partial charge in [-0.25, -0.2) is 0 Å². The fourth-order valence-corrected chi connectivity index (χ4v) is 2.67. The van der Waals surface area contributed by atoms with Gasteiger partial charge in [0.15, 0.2) is 11.5 Å². The van der Waals surface area contributed by atoms with E-state index in [-0.39, 0.29) is 24.2 Å².